The largest absolute Gasteiger partial charge is 0.325 e. The average molecular weight is 436 g/mol. The minimum atomic E-state index is -0.394. The number of benzene rings is 2. The zero-order valence-corrected chi connectivity index (χ0v) is 17.6. The number of pyridine rings is 1. The molecule has 1 atom stereocenters. The van der Waals surface area contributed by atoms with Crippen LogP contribution in [0.25, 0.3) is 17.1 Å². The van der Waals surface area contributed by atoms with Gasteiger partial charge in [0.15, 0.2) is 11.0 Å². The number of aromatic nitrogens is 4. The van der Waals surface area contributed by atoms with Crippen molar-refractivity contribution in [2.75, 3.05) is 5.32 Å². The Morgan fingerprint density at radius 3 is 2.63 bits per heavy atom. The molecule has 4 rings (SSSR count). The molecule has 0 bridgehead atoms. The Morgan fingerprint density at radius 2 is 1.90 bits per heavy atom. The molecule has 4 aromatic rings. The number of carbonyl (C=O) groups excluding carboxylic acids is 1. The van der Waals surface area contributed by atoms with Gasteiger partial charge in [-0.15, -0.1) is 10.2 Å². The first-order valence-corrected chi connectivity index (χ1v) is 10.5. The van der Waals surface area contributed by atoms with Crippen molar-refractivity contribution in [3.63, 3.8) is 0 Å². The Labute approximate surface area is 183 Å². The molecule has 2 aromatic heterocycles. The third-order valence-corrected chi connectivity index (χ3v) is 5.59. The van der Waals surface area contributed by atoms with E-state index < -0.39 is 5.25 Å². The van der Waals surface area contributed by atoms with E-state index >= 15 is 0 Å². The number of nitrogens with one attached hydrogen (secondary N) is 1. The van der Waals surface area contributed by atoms with Crippen molar-refractivity contribution >= 4 is 35.0 Å². The highest BCUT2D eigenvalue weighted by molar-refractivity contribution is 8.00. The molecular weight excluding hydrogens is 418 g/mol. The number of carbonyl (C=O) groups is 1. The lowest BCUT2D eigenvalue weighted by Gasteiger charge is -2.14. The standard InChI is InChI=1S/C22H18ClN5OS/c1-15(21(29)25-18-9-3-2-4-10-18)30-22-27-26-20(16-7-6-12-24-14-16)28(22)19-11-5-8-17(23)13-19/h2-15H,1H3,(H,25,29). The molecule has 0 fully saturated rings. The molecule has 0 saturated carbocycles. The molecule has 0 aliphatic rings. The van der Waals surface area contributed by atoms with Crippen LogP contribution in [0.15, 0.2) is 84.3 Å². The predicted octanol–water partition coefficient (Wildman–Crippen LogP) is 5.10. The Morgan fingerprint density at radius 1 is 1.07 bits per heavy atom. The van der Waals surface area contributed by atoms with Gasteiger partial charge < -0.3 is 5.32 Å². The fourth-order valence-corrected chi connectivity index (χ4v) is 3.91. The van der Waals surface area contributed by atoms with Gasteiger partial charge >= 0.3 is 0 Å². The molecule has 6 nitrogen and oxygen atoms in total. The SMILES string of the molecule is CC(Sc1nnc(-c2cccnc2)n1-c1cccc(Cl)c1)C(=O)Nc1ccccc1. The van der Waals surface area contributed by atoms with Gasteiger partial charge in [0, 0.05) is 28.7 Å². The minimum absolute atomic E-state index is 0.116. The van der Waals surface area contributed by atoms with Gasteiger partial charge in [0.2, 0.25) is 5.91 Å². The number of hydrogen-bond acceptors (Lipinski definition) is 5. The normalized spacial score (nSPS) is 11.8. The Kier molecular flexibility index (Phi) is 6.11. The van der Waals surface area contributed by atoms with E-state index in [-0.39, 0.29) is 5.91 Å². The molecular formula is C22H18ClN5OS. The fraction of sp³-hybridized carbons (Fsp3) is 0.0909. The summed E-state index contributed by atoms with van der Waals surface area (Å²) in [6.45, 7) is 1.84. The summed E-state index contributed by atoms with van der Waals surface area (Å²) in [5, 5.41) is 12.4. The molecule has 2 heterocycles. The van der Waals surface area contributed by atoms with Crippen LogP contribution in [0.2, 0.25) is 5.02 Å². The van der Waals surface area contributed by atoms with Crippen LogP contribution in [0.4, 0.5) is 5.69 Å². The summed E-state index contributed by atoms with van der Waals surface area (Å²) < 4.78 is 1.89. The molecule has 0 spiro atoms. The van der Waals surface area contributed by atoms with Crippen molar-refractivity contribution in [2.24, 2.45) is 0 Å². The quantitative estimate of drug-likeness (QED) is 0.426. The van der Waals surface area contributed by atoms with E-state index in [1.165, 1.54) is 11.8 Å². The molecule has 0 aliphatic heterocycles. The van der Waals surface area contributed by atoms with Gasteiger partial charge in [-0.25, -0.2) is 0 Å². The Bertz CT molecular complexity index is 1150. The van der Waals surface area contributed by atoms with Crippen LogP contribution in [-0.4, -0.2) is 30.9 Å². The summed E-state index contributed by atoms with van der Waals surface area (Å²) in [7, 11) is 0. The van der Waals surface area contributed by atoms with E-state index in [0.717, 1.165) is 16.9 Å². The van der Waals surface area contributed by atoms with E-state index in [0.29, 0.717) is 16.0 Å². The monoisotopic (exact) mass is 435 g/mol. The maximum Gasteiger partial charge on any atom is 0.237 e. The smallest absolute Gasteiger partial charge is 0.237 e. The predicted molar refractivity (Wildman–Crippen MR) is 120 cm³/mol. The summed E-state index contributed by atoms with van der Waals surface area (Å²) >= 11 is 7.55. The molecule has 150 valence electrons. The van der Waals surface area contributed by atoms with E-state index in [1.54, 1.807) is 12.4 Å². The molecule has 1 N–H and O–H groups in total. The zero-order chi connectivity index (χ0) is 20.9. The highest BCUT2D eigenvalue weighted by Crippen LogP contribution is 2.31. The highest BCUT2D eigenvalue weighted by Gasteiger charge is 2.22. The average Bonchev–Trinajstić information content (AvgIpc) is 3.18. The van der Waals surface area contributed by atoms with Crippen molar-refractivity contribution in [1.82, 2.24) is 19.7 Å². The number of thioether (sulfide) groups is 1. The molecule has 1 unspecified atom stereocenters. The minimum Gasteiger partial charge on any atom is -0.325 e. The summed E-state index contributed by atoms with van der Waals surface area (Å²) in [6, 6.07) is 20.6. The van der Waals surface area contributed by atoms with Gasteiger partial charge in [-0.2, -0.15) is 0 Å². The van der Waals surface area contributed by atoms with Gasteiger partial charge in [0.1, 0.15) is 0 Å². The van der Waals surface area contributed by atoms with Gasteiger partial charge in [-0.1, -0.05) is 47.6 Å². The molecule has 0 radical (unpaired) electrons. The van der Waals surface area contributed by atoms with E-state index in [4.69, 9.17) is 11.6 Å². The zero-order valence-electron chi connectivity index (χ0n) is 16.1. The lowest BCUT2D eigenvalue weighted by Crippen LogP contribution is -2.22. The number of amides is 1. The second kappa shape index (κ2) is 9.11. The van der Waals surface area contributed by atoms with Gasteiger partial charge in [-0.05, 0) is 49.4 Å². The lowest BCUT2D eigenvalue weighted by atomic mass is 10.2. The van der Waals surface area contributed by atoms with E-state index in [9.17, 15) is 4.79 Å². The van der Waals surface area contributed by atoms with Gasteiger partial charge in [0.05, 0.1) is 10.9 Å². The maximum absolute atomic E-state index is 12.7. The second-order valence-electron chi connectivity index (χ2n) is 6.48. The lowest BCUT2D eigenvalue weighted by molar-refractivity contribution is -0.115. The van der Waals surface area contributed by atoms with Crippen molar-refractivity contribution in [3.05, 3.63) is 84.1 Å². The van der Waals surface area contributed by atoms with Crippen LogP contribution in [0, 0.1) is 0 Å². The summed E-state index contributed by atoms with van der Waals surface area (Å²) in [5.41, 5.74) is 2.38. The Hall–Kier alpha value is -3.16. The third-order valence-electron chi connectivity index (χ3n) is 4.31. The third kappa shape index (κ3) is 4.53. The van der Waals surface area contributed by atoms with Crippen LogP contribution in [-0.2, 0) is 4.79 Å². The first-order chi connectivity index (χ1) is 14.6. The van der Waals surface area contributed by atoms with Crippen molar-refractivity contribution in [1.29, 1.82) is 0 Å². The van der Waals surface area contributed by atoms with Crippen molar-refractivity contribution in [2.45, 2.75) is 17.3 Å². The summed E-state index contributed by atoms with van der Waals surface area (Å²) in [6.07, 6.45) is 3.43. The number of rotatable bonds is 6. The molecule has 2 aromatic carbocycles. The van der Waals surface area contributed by atoms with Gasteiger partial charge in [0.25, 0.3) is 0 Å². The maximum atomic E-state index is 12.7. The second-order valence-corrected chi connectivity index (χ2v) is 8.22. The van der Waals surface area contributed by atoms with Crippen molar-refractivity contribution < 1.29 is 4.79 Å². The van der Waals surface area contributed by atoms with Crippen LogP contribution < -0.4 is 5.32 Å². The van der Waals surface area contributed by atoms with Crippen LogP contribution >= 0.6 is 23.4 Å². The molecule has 30 heavy (non-hydrogen) atoms. The van der Waals surface area contributed by atoms with Crippen LogP contribution in [0.5, 0.6) is 0 Å². The molecule has 8 heteroatoms. The highest BCUT2D eigenvalue weighted by atomic mass is 35.5. The van der Waals surface area contributed by atoms with Gasteiger partial charge in [-0.3, -0.25) is 14.3 Å². The van der Waals surface area contributed by atoms with Crippen LogP contribution in [0.1, 0.15) is 6.92 Å². The summed E-state index contributed by atoms with van der Waals surface area (Å²) in [5.74, 6) is 0.512. The van der Waals surface area contributed by atoms with E-state index in [1.807, 2.05) is 78.2 Å². The number of para-hydroxylation sites is 1. The number of halogens is 1. The Balaban J connectivity index is 1.66. The van der Waals surface area contributed by atoms with Crippen LogP contribution in [0.3, 0.4) is 0 Å². The van der Waals surface area contributed by atoms with Crippen molar-refractivity contribution in [3.8, 4) is 17.1 Å². The first kappa shape index (κ1) is 20.1. The van der Waals surface area contributed by atoms with E-state index in [2.05, 4.69) is 20.5 Å². The number of anilines is 1. The topological polar surface area (TPSA) is 72.7 Å². The molecule has 0 aliphatic carbocycles. The number of hydrogen-bond donors (Lipinski definition) is 1. The first-order valence-electron chi connectivity index (χ1n) is 9.26. The summed E-state index contributed by atoms with van der Waals surface area (Å²) in [4.78, 5) is 16.9. The molecule has 0 saturated heterocycles. The number of nitrogens with zero attached hydrogens (tertiary/aromatic N) is 4. The molecule has 1 amide bonds. The fourth-order valence-electron chi connectivity index (χ4n) is 2.85.